The molecule has 7 nitrogen and oxygen atoms in total. The molecule has 0 bridgehead atoms. The van der Waals surface area contributed by atoms with Gasteiger partial charge in [-0.15, -0.1) is 0 Å². The number of nitrogens with zero attached hydrogens (tertiary/aromatic N) is 2. The highest BCUT2D eigenvalue weighted by Gasteiger charge is 2.25. The fraction of sp³-hybridized carbons (Fsp3) is 0.182. The minimum absolute atomic E-state index is 0.177. The van der Waals surface area contributed by atoms with Gasteiger partial charge in [-0.3, -0.25) is 5.32 Å². The fourth-order valence-electron chi connectivity index (χ4n) is 2.96. The largest absolute Gasteiger partial charge is 0.497 e. The second-order valence-corrected chi connectivity index (χ2v) is 6.60. The number of aromatic nitrogens is 1. The molecule has 0 saturated carbocycles. The number of carbonyl (C=O) groups is 1. The second kappa shape index (κ2) is 8.97. The third-order valence-electron chi connectivity index (χ3n) is 4.52. The summed E-state index contributed by atoms with van der Waals surface area (Å²) < 4.78 is 5.19. The molecular weight excluding hydrogens is 366 g/mol. The Balaban J connectivity index is 1.81. The molecule has 0 aliphatic carbocycles. The number of methoxy groups -OCH3 is 1. The van der Waals surface area contributed by atoms with Gasteiger partial charge in [0.25, 0.3) is 0 Å². The van der Waals surface area contributed by atoms with Gasteiger partial charge in [-0.25, -0.2) is 9.78 Å². The van der Waals surface area contributed by atoms with Crippen LogP contribution in [0.4, 0.5) is 16.3 Å². The number of hydrogen-bond donors (Lipinski definition) is 3. The molecule has 0 fully saturated rings. The van der Waals surface area contributed by atoms with Crippen molar-refractivity contribution in [3.05, 3.63) is 83.9 Å². The normalized spacial score (nSPS) is 13.8. The number of rotatable bonds is 7. The third-order valence-corrected chi connectivity index (χ3v) is 4.52. The maximum absolute atomic E-state index is 12.5. The van der Waals surface area contributed by atoms with E-state index in [1.165, 1.54) is 0 Å². The molecule has 0 unspecified atom stereocenters. The first-order valence-corrected chi connectivity index (χ1v) is 9.22. The molecule has 0 saturated heterocycles. The Bertz CT molecular complexity index is 964. The van der Waals surface area contributed by atoms with Gasteiger partial charge in [0, 0.05) is 35.4 Å². The molecular formula is C22H25N5O2. The van der Waals surface area contributed by atoms with E-state index in [0.29, 0.717) is 24.6 Å². The molecule has 2 amide bonds. The molecule has 1 aliphatic rings. The Morgan fingerprint density at radius 3 is 2.76 bits per heavy atom. The number of benzene rings is 1. The van der Waals surface area contributed by atoms with Gasteiger partial charge in [0.05, 0.1) is 13.7 Å². The van der Waals surface area contributed by atoms with E-state index in [4.69, 9.17) is 10.5 Å². The Labute approximate surface area is 170 Å². The summed E-state index contributed by atoms with van der Waals surface area (Å²) in [5.41, 5.74) is 9.76. The molecule has 0 radical (unpaired) electrons. The SMILES string of the molecule is C=C(N)/C=C\C(=C/C)Nc1ccnc2c1CN(Cc1ccc(OC)cc1)C(=O)N2. The van der Waals surface area contributed by atoms with Crippen LogP contribution in [0.5, 0.6) is 5.75 Å². The van der Waals surface area contributed by atoms with Crippen molar-refractivity contribution in [1.29, 1.82) is 0 Å². The average Bonchev–Trinajstić information content (AvgIpc) is 2.72. The van der Waals surface area contributed by atoms with Crippen LogP contribution in [0, 0.1) is 0 Å². The van der Waals surface area contributed by atoms with E-state index >= 15 is 0 Å². The smallest absolute Gasteiger partial charge is 0.323 e. The van der Waals surface area contributed by atoms with Crippen molar-refractivity contribution in [3.8, 4) is 5.75 Å². The van der Waals surface area contributed by atoms with Crippen LogP contribution in [-0.4, -0.2) is 23.0 Å². The van der Waals surface area contributed by atoms with Crippen LogP contribution >= 0.6 is 0 Å². The van der Waals surface area contributed by atoms with Crippen molar-refractivity contribution in [1.82, 2.24) is 9.88 Å². The first-order valence-electron chi connectivity index (χ1n) is 9.22. The molecule has 29 heavy (non-hydrogen) atoms. The highest BCUT2D eigenvalue weighted by molar-refractivity contribution is 5.92. The van der Waals surface area contributed by atoms with Gasteiger partial charge in [-0.05, 0) is 42.8 Å². The third kappa shape index (κ3) is 4.95. The number of allylic oxidation sites excluding steroid dienone is 3. The van der Waals surface area contributed by atoms with Crippen LogP contribution in [0.25, 0.3) is 0 Å². The number of fused-ring (bicyclic) bond motifs is 1. The van der Waals surface area contributed by atoms with Crippen molar-refractivity contribution < 1.29 is 9.53 Å². The van der Waals surface area contributed by atoms with Crippen molar-refractivity contribution in [2.24, 2.45) is 5.73 Å². The summed E-state index contributed by atoms with van der Waals surface area (Å²) in [6, 6.07) is 9.38. The van der Waals surface area contributed by atoms with Crippen molar-refractivity contribution in [3.63, 3.8) is 0 Å². The summed E-state index contributed by atoms with van der Waals surface area (Å²) in [6.07, 6.45) is 7.18. The lowest BCUT2D eigenvalue weighted by Crippen LogP contribution is -2.38. The topological polar surface area (TPSA) is 92.5 Å². The van der Waals surface area contributed by atoms with E-state index in [2.05, 4.69) is 22.2 Å². The molecule has 1 aromatic heterocycles. The summed E-state index contributed by atoms with van der Waals surface area (Å²) in [5.74, 6) is 1.35. The summed E-state index contributed by atoms with van der Waals surface area (Å²) in [6.45, 7) is 6.52. The van der Waals surface area contributed by atoms with Crippen molar-refractivity contribution >= 4 is 17.5 Å². The number of carbonyl (C=O) groups excluding carboxylic acids is 1. The number of anilines is 2. The predicted octanol–water partition coefficient (Wildman–Crippen LogP) is 3.98. The number of urea groups is 1. The molecule has 0 atom stereocenters. The number of nitrogens with one attached hydrogen (secondary N) is 2. The minimum Gasteiger partial charge on any atom is -0.497 e. The molecule has 2 heterocycles. The second-order valence-electron chi connectivity index (χ2n) is 6.60. The number of amides is 2. The molecule has 1 aliphatic heterocycles. The first-order chi connectivity index (χ1) is 14.0. The Morgan fingerprint density at radius 2 is 2.10 bits per heavy atom. The Kier molecular flexibility index (Phi) is 6.19. The van der Waals surface area contributed by atoms with Crippen LogP contribution in [0.3, 0.4) is 0 Å². The highest BCUT2D eigenvalue weighted by Crippen LogP contribution is 2.30. The highest BCUT2D eigenvalue weighted by atomic mass is 16.5. The fourth-order valence-corrected chi connectivity index (χ4v) is 2.96. The van der Waals surface area contributed by atoms with E-state index in [1.54, 1.807) is 24.3 Å². The van der Waals surface area contributed by atoms with Crippen LogP contribution in [0.1, 0.15) is 18.1 Å². The lowest BCUT2D eigenvalue weighted by atomic mass is 10.1. The molecule has 3 rings (SSSR count). The summed E-state index contributed by atoms with van der Waals surface area (Å²) in [4.78, 5) is 18.6. The van der Waals surface area contributed by atoms with Crippen molar-refractivity contribution in [2.75, 3.05) is 17.7 Å². The maximum atomic E-state index is 12.5. The van der Waals surface area contributed by atoms with Gasteiger partial charge < -0.3 is 20.7 Å². The number of pyridine rings is 1. The van der Waals surface area contributed by atoms with Crippen LogP contribution in [0.2, 0.25) is 0 Å². The zero-order valence-electron chi connectivity index (χ0n) is 16.6. The van der Waals surface area contributed by atoms with Gasteiger partial charge in [-0.2, -0.15) is 0 Å². The number of ether oxygens (including phenoxy) is 1. The first kappa shape index (κ1) is 20.0. The van der Waals surface area contributed by atoms with E-state index in [-0.39, 0.29) is 6.03 Å². The summed E-state index contributed by atoms with van der Waals surface area (Å²) >= 11 is 0. The molecule has 7 heteroatoms. The standard InChI is InChI=1S/C22H25N5O2/c1-4-17(8-5-15(2)23)25-20-11-12-24-21-19(20)14-27(22(28)26-21)13-16-6-9-18(29-3)10-7-16/h4-12H,2,13-14,23H2,1,3H3,(H2,24,25,26,28)/b8-5-,17-4+. The Hall–Kier alpha value is -3.74. The number of hydrogen-bond acceptors (Lipinski definition) is 5. The van der Waals surface area contributed by atoms with E-state index in [0.717, 1.165) is 28.3 Å². The van der Waals surface area contributed by atoms with Crippen LogP contribution in [0.15, 0.2) is 72.7 Å². The quantitative estimate of drug-likeness (QED) is 0.621. The number of nitrogens with two attached hydrogens (primary N) is 1. The molecule has 4 N–H and O–H groups in total. The predicted molar refractivity (Wildman–Crippen MR) is 115 cm³/mol. The zero-order valence-corrected chi connectivity index (χ0v) is 16.6. The average molecular weight is 391 g/mol. The maximum Gasteiger partial charge on any atom is 0.323 e. The molecule has 2 aromatic rings. The Morgan fingerprint density at radius 1 is 1.34 bits per heavy atom. The molecule has 0 spiro atoms. The lowest BCUT2D eigenvalue weighted by Gasteiger charge is -2.30. The molecule has 1 aromatic carbocycles. The van der Waals surface area contributed by atoms with Gasteiger partial charge in [-0.1, -0.05) is 24.8 Å². The lowest BCUT2D eigenvalue weighted by molar-refractivity contribution is 0.203. The van der Waals surface area contributed by atoms with E-state index in [9.17, 15) is 4.79 Å². The molecule has 150 valence electrons. The summed E-state index contributed by atoms with van der Waals surface area (Å²) in [7, 11) is 1.63. The van der Waals surface area contributed by atoms with E-state index < -0.39 is 0 Å². The zero-order chi connectivity index (χ0) is 20.8. The van der Waals surface area contributed by atoms with Crippen molar-refractivity contribution in [2.45, 2.75) is 20.0 Å². The minimum atomic E-state index is -0.177. The van der Waals surface area contributed by atoms with Gasteiger partial charge >= 0.3 is 6.03 Å². The summed E-state index contributed by atoms with van der Waals surface area (Å²) in [5, 5.41) is 6.24. The van der Waals surface area contributed by atoms with Crippen LogP contribution in [-0.2, 0) is 13.1 Å². The van der Waals surface area contributed by atoms with Gasteiger partial charge in [0.2, 0.25) is 0 Å². The van der Waals surface area contributed by atoms with Gasteiger partial charge in [0.1, 0.15) is 11.6 Å². The monoisotopic (exact) mass is 391 g/mol. The van der Waals surface area contributed by atoms with E-state index in [1.807, 2.05) is 49.4 Å². The van der Waals surface area contributed by atoms with Gasteiger partial charge in [0.15, 0.2) is 0 Å². The van der Waals surface area contributed by atoms with Crippen LogP contribution < -0.4 is 21.1 Å².